The van der Waals surface area contributed by atoms with Gasteiger partial charge in [0.1, 0.15) is 0 Å². The molecule has 0 spiro atoms. The lowest BCUT2D eigenvalue weighted by Crippen LogP contribution is -2.54. The van der Waals surface area contributed by atoms with Gasteiger partial charge in [-0.3, -0.25) is 9.69 Å². The summed E-state index contributed by atoms with van der Waals surface area (Å²) >= 11 is 0. The van der Waals surface area contributed by atoms with E-state index < -0.39 is 0 Å². The first-order chi connectivity index (χ1) is 10.7. The quantitative estimate of drug-likeness (QED) is 0.753. The molecule has 1 aromatic heterocycles. The van der Waals surface area contributed by atoms with Crippen LogP contribution in [0, 0.1) is 0 Å². The van der Waals surface area contributed by atoms with E-state index in [0.29, 0.717) is 12.6 Å². The van der Waals surface area contributed by atoms with E-state index in [9.17, 15) is 4.79 Å². The second-order valence-corrected chi connectivity index (χ2v) is 6.61. The number of fused-ring (bicyclic) bond motifs is 3. The van der Waals surface area contributed by atoms with Gasteiger partial charge in [-0.05, 0) is 19.3 Å². The molecule has 0 aliphatic carbocycles. The molecule has 120 valence electrons. The summed E-state index contributed by atoms with van der Waals surface area (Å²) in [5.74, 6) is 0.199. The topological polar surface area (TPSA) is 63.5 Å². The third-order valence-electron chi connectivity index (χ3n) is 5.39. The molecule has 1 amide bonds. The van der Waals surface area contributed by atoms with Crippen molar-refractivity contribution in [3.8, 4) is 0 Å². The molecular weight excluding hydrogens is 282 g/mol. The summed E-state index contributed by atoms with van der Waals surface area (Å²) in [6.07, 6.45) is 5.27. The van der Waals surface area contributed by atoms with E-state index in [4.69, 9.17) is 4.74 Å². The summed E-state index contributed by atoms with van der Waals surface area (Å²) in [5.41, 5.74) is 1.08. The Kier molecular flexibility index (Phi) is 3.62. The van der Waals surface area contributed by atoms with E-state index in [-0.39, 0.29) is 18.1 Å². The highest BCUT2D eigenvalue weighted by Crippen LogP contribution is 2.32. The molecule has 7 heteroatoms. The van der Waals surface area contributed by atoms with Gasteiger partial charge in [-0.1, -0.05) is 5.21 Å². The zero-order valence-electron chi connectivity index (χ0n) is 13.0. The third-order valence-corrected chi connectivity index (χ3v) is 5.39. The number of carbonyl (C=O) groups is 1. The molecule has 3 aliphatic heterocycles. The fourth-order valence-electron chi connectivity index (χ4n) is 4.08. The van der Waals surface area contributed by atoms with Gasteiger partial charge in [-0.2, -0.15) is 0 Å². The highest BCUT2D eigenvalue weighted by molar-refractivity contribution is 5.73. The number of amides is 1. The van der Waals surface area contributed by atoms with E-state index in [1.54, 1.807) is 13.1 Å². The number of carbonyl (C=O) groups excluding carboxylic acids is 1. The van der Waals surface area contributed by atoms with Crippen LogP contribution in [0.1, 0.15) is 37.9 Å². The molecule has 0 radical (unpaired) electrons. The Bertz CT molecular complexity index is 552. The molecule has 0 saturated carbocycles. The molecule has 1 aromatic rings. The standard InChI is InChI=1S/C15H23N5O2/c1-11(21)18-5-2-12(3-6-18)19-7-4-15-14(9-19)20-13(10-22-15)8-16-17-20/h8,12,14-15H,2-7,9-10H2,1H3. The van der Waals surface area contributed by atoms with Gasteiger partial charge in [0, 0.05) is 39.1 Å². The van der Waals surface area contributed by atoms with E-state index in [2.05, 4.69) is 19.9 Å². The second-order valence-electron chi connectivity index (χ2n) is 6.61. The molecule has 7 nitrogen and oxygen atoms in total. The van der Waals surface area contributed by atoms with Crippen LogP contribution in [-0.4, -0.2) is 69.0 Å². The first kappa shape index (κ1) is 14.1. The molecule has 22 heavy (non-hydrogen) atoms. The minimum Gasteiger partial charge on any atom is -0.370 e. The van der Waals surface area contributed by atoms with E-state index in [1.807, 2.05) is 4.90 Å². The summed E-state index contributed by atoms with van der Waals surface area (Å²) in [5, 5.41) is 8.30. The average Bonchev–Trinajstić information content (AvgIpc) is 3.03. The van der Waals surface area contributed by atoms with Crippen molar-refractivity contribution in [2.24, 2.45) is 0 Å². The number of hydrogen-bond acceptors (Lipinski definition) is 5. The molecule has 2 atom stereocenters. The van der Waals surface area contributed by atoms with Gasteiger partial charge in [-0.15, -0.1) is 5.10 Å². The first-order valence-corrected chi connectivity index (χ1v) is 8.22. The highest BCUT2D eigenvalue weighted by atomic mass is 16.5. The minimum absolute atomic E-state index is 0.199. The number of ether oxygens (including phenoxy) is 1. The van der Waals surface area contributed by atoms with Crippen LogP contribution in [-0.2, 0) is 16.1 Å². The Morgan fingerprint density at radius 1 is 1.27 bits per heavy atom. The van der Waals surface area contributed by atoms with E-state index >= 15 is 0 Å². The molecule has 0 bridgehead atoms. The van der Waals surface area contributed by atoms with E-state index in [1.165, 1.54) is 0 Å². The highest BCUT2D eigenvalue weighted by Gasteiger charge is 2.39. The number of likely N-dealkylation sites (tertiary alicyclic amines) is 2. The average molecular weight is 305 g/mol. The van der Waals surface area contributed by atoms with Gasteiger partial charge < -0.3 is 9.64 Å². The van der Waals surface area contributed by atoms with Crippen LogP contribution in [0.3, 0.4) is 0 Å². The Balaban J connectivity index is 1.43. The minimum atomic E-state index is 0.199. The fraction of sp³-hybridized carbons (Fsp3) is 0.800. The van der Waals surface area contributed by atoms with Crippen molar-refractivity contribution in [1.82, 2.24) is 24.8 Å². The number of piperidine rings is 2. The number of nitrogens with zero attached hydrogens (tertiary/aromatic N) is 5. The Labute approximate surface area is 130 Å². The zero-order chi connectivity index (χ0) is 15.1. The van der Waals surface area contributed by atoms with Crippen molar-refractivity contribution >= 4 is 5.91 Å². The predicted molar refractivity (Wildman–Crippen MR) is 79.1 cm³/mol. The summed E-state index contributed by atoms with van der Waals surface area (Å²) in [6, 6.07) is 0.858. The van der Waals surface area contributed by atoms with Crippen LogP contribution in [0.4, 0.5) is 0 Å². The van der Waals surface area contributed by atoms with Crippen molar-refractivity contribution in [1.29, 1.82) is 0 Å². The van der Waals surface area contributed by atoms with Crippen LogP contribution in [0.25, 0.3) is 0 Å². The van der Waals surface area contributed by atoms with Gasteiger partial charge in [-0.25, -0.2) is 4.68 Å². The van der Waals surface area contributed by atoms with Crippen molar-refractivity contribution in [2.75, 3.05) is 26.2 Å². The first-order valence-electron chi connectivity index (χ1n) is 8.22. The molecule has 3 aliphatic rings. The van der Waals surface area contributed by atoms with Crippen LogP contribution < -0.4 is 0 Å². The number of rotatable bonds is 1. The van der Waals surface area contributed by atoms with Crippen LogP contribution in [0.5, 0.6) is 0 Å². The Morgan fingerprint density at radius 2 is 2.09 bits per heavy atom. The lowest BCUT2D eigenvalue weighted by molar-refractivity contribution is -0.130. The number of aromatic nitrogens is 3. The largest absolute Gasteiger partial charge is 0.370 e. The third kappa shape index (κ3) is 2.42. The summed E-state index contributed by atoms with van der Waals surface area (Å²) in [4.78, 5) is 16.0. The van der Waals surface area contributed by atoms with Gasteiger partial charge in [0.25, 0.3) is 0 Å². The molecule has 2 saturated heterocycles. The molecule has 2 unspecified atom stereocenters. The van der Waals surface area contributed by atoms with Crippen LogP contribution in [0.2, 0.25) is 0 Å². The van der Waals surface area contributed by atoms with Crippen molar-refractivity contribution in [3.05, 3.63) is 11.9 Å². The maximum absolute atomic E-state index is 11.5. The molecule has 2 fully saturated rings. The molecule has 0 N–H and O–H groups in total. The molecule has 4 rings (SSSR count). The fourth-order valence-corrected chi connectivity index (χ4v) is 4.08. The monoisotopic (exact) mass is 305 g/mol. The maximum atomic E-state index is 11.5. The van der Waals surface area contributed by atoms with Crippen LogP contribution in [0.15, 0.2) is 6.20 Å². The molecule has 4 heterocycles. The Hall–Kier alpha value is -1.47. The number of hydrogen-bond donors (Lipinski definition) is 0. The Morgan fingerprint density at radius 3 is 2.86 bits per heavy atom. The van der Waals surface area contributed by atoms with Crippen molar-refractivity contribution < 1.29 is 9.53 Å². The van der Waals surface area contributed by atoms with Crippen molar-refractivity contribution in [3.63, 3.8) is 0 Å². The second kappa shape index (κ2) is 5.62. The van der Waals surface area contributed by atoms with Crippen LogP contribution >= 0.6 is 0 Å². The summed E-state index contributed by atoms with van der Waals surface area (Å²) in [6.45, 7) is 6.12. The summed E-state index contributed by atoms with van der Waals surface area (Å²) in [7, 11) is 0. The van der Waals surface area contributed by atoms with Gasteiger partial charge in [0.15, 0.2) is 0 Å². The lowest BCUT2D eigenvalue weighted by atomic mass is 9.95. The summed E-state index contributed by atoms with van der Waals surface area (Å²) < 4.78 is 8.03. The normalized spacial score (nSPS) is 30.0. The van der Waals surface area contributed by atoms with Gasteiger partial charge >= 0.3 is 0 Å². The zero-order valence-corrected chi connectivity index (χ0v) is 13.0. The lowest BCUT2D eigenvalue weighted by Gasteiger charge is -2.45. The smallest absolute Gasteiger partial charge is 0.219 e. The van der Waals surface area contributed by atoms with Gasteiger partial charge in [0.05, 0.1) is 30.6 Å². The predicted octanol–water partition coefficient (Wildman–Crippen LogP) is 0.435. The van der Waals surface area contributed by atoms with E-state index in [0.717, 1.165) is 51.1 Å². The molecular formula is C15H23N5O2. The SMILES string of the molecule is CC(=O)N1CCC(N2CCC3OCc4cnnn4C3C2)CC1. The van der Waals surface area contributed by atoms with Crippen molar-refractivity contribution in [2.45, 2.75) is 51.0 Å². The van der Waals surface area contributed by atoms with Gasteiger partial charge in [0.2, 0.25) is 5.91 Å². The molecule has 0 aromatic carbocycles. The maximum Gasteiger partial charge on any atom is 0.219 e.